The third kappa shape index (κ3) is 6.03. The third-order valence-electron chi connectivity index (χ3n) is 3.18. The lowest BCUT2D eigenvalue weighted by atomic mass is 10.3. The summed E-state index contributed by atoms with van der Waals surface area (Å²) in [6, 6.07) is 1.26. The number of anilines is 2. The monoisotopic (exact) mass is 351 g/mol. The highest BCUT2D eigenvalue weighted by molar-refractivity contribution is 6.01. The molecule has 25 heavy (non-hydrogen) atoms. The van der Waals surface area contributed by atoms with Crippen LogP contribution < -0.4 is 15.0 Å². The van der Waals surface area contributed by atoms with Gasteiger partial charge in [-0.15, -0.1) is 0 Å². The lowest BCUT2D eigenvalue weighted by molar-refractivity contribution is -0.386. The van der Waals surface area contributed by atoms with Gasteiger partial charge in [0.1, 0.15) is 0 Å². The number of carbonyl (C=O) groups is 1. The van der Waals surface area contributed by atoms with E-state index >= 15 is 0 Å². The molecule has 0 fully saturated rings. The number of ether oxygens (including phenoxy) is 1. The molecule has 0 spiro atoms. The molecule has 0 aromatic carbocycles. The third-order valence-corrected chi connectivity index (χ3v) is 3.18. The largest absolute Gasteiger partial charge is 0.470 e. The summed E-state index contributed by atoms with van der Waals surface area (Å²) in [5, 5.41) is 13.9. The van der Waals surface area contributed by atoms with Gasteiger partial charge in [0.2, 0.25) is 5.91 Å². The van der Waals surface area contributed by atoms with Crippen LogP contribution >= 0.6 is 0 Å². The fraction of sp³-hybridized carbons (Fsp3) is 0.500. The highest BCUT2D eigenvalue weighted by Gasteiger charge is 2.24. The van der Waals surface area contributed by atoms with Gasteiger partial charge in [0.25, 0.3) is 5.88 Å². The minimum absolute atomic E-state index is 0.0803. The number of pyridine rings is 1. The highest BCUT2D eigenvalue weighted by Crippen LogP contribution is 2.35. The summed E-state index contributed by atoms with van der Waals surface area (Å²) < 4.78 is 5.49. The van der Waals surface area contributed by atoms with Gasteiger partial charge in [0.05, 0.1) is 16.7 Å². The number of nitro groups is 1. The van der Waals surface area contributed by atoms with Crippen molar-refractivity contribution in [3.63, 3.8) is 0 Å². The topological polar surface area (TPSA) is 101 Å². The molecule has 0 atom stereocenters. The molecule has 138 valence electrons. The molecule has 1 rings (SSSR count). The summed E-state index contributed by atoms with van der Waals surface area (Å²) in [5.74, 6) is -0.169. The lowest BCUT2D eigenvalue weighted by Crippen LogP contribution is -2.30. The molecule has 0 saturated carbocycles. The van der Waals surface area contributed by atoms with E-state index in [9.17, 15) is 14.9 Å². The minimum atomic E-state index is -0.585. The molecule has 0 aliphatic heterocycles. The fourth-order valence-corrected chi connectivity index (χ4v) is 1.94. The van der Waals surface area contributed by atoms with Crippen molar-refractivity contribution in [2.24, 2.45) is 0 Å². The zero-order valence-corrected chi connectivity index (χ0v) is 15.3. The molecule has 1 amide bonds. The van der Waals surface area contributed by atoms with Crippen LogP contribution in [0.4, 0.5) is 17.2 Å². The second kappa shape index (κ2) is 8.97. The van der Waals surface area contributed by atoms with Crippen molar-refractivity contribution >= 4 is 23.1 Å². The molecule has 0 aliphatic rings. The fourth-order valence-electron chi connectivity index (χ4n) is 1.94. The average Bonchev–Trinajstić information content (AvgIpc) is 2.52. The van der Waals surface area contributed by atoms with E-state index in [-0.39, 0.29) is 23.4 Å². The molecule has 1 heterocycles. The standard InChI is InChI=1S/C16H25N5O4/c1-7-14(22)17-12-10-13(21(23)24)16(25-11(2)3)18-15(12)20(6)9-8-19(4)5/h7,10-11H,1,8-9H2,2-6H3,(H,17,22). The maximum Gasteiger partial charge on any atom is 0.333 e. The number of nitrogens with one attached hydrogen (secondary N) is 1. The maximum atomic E-state index is 11.7. The number of nitrogens with zero attached hydrogens (tertiary/aromatic N) is 4. The zero-order chi connectivity index (χ0) is 19.1. The van der Waals surface area contributed by atoms with Crippen LogP contribution in [0.3, 0.4) is 0 Å². The second-order valence-corrected chi connectivity index (χ2v) is 6.03. The van der Waals surface area contributed by atoms with Gasteiger partial charge in [0.15, 0.2) is 5.82 Å². The van der Waals surface area contributed by atoms with Crippen molar-refractivity contribution in [2.75, 3.05) is 44.4 Å². The lowest BCUT2D eigenvalue weighted by Gasteiger charge is -2.23. The van der Waals surface area contributed by atoms with Gasteiger partial charge < -0.3 is 19.9 Å². The average molecular weight is 351 g/mol. The van der Waals surface area contributed by atoms with Crippen molar-refractivity contribution in [1.82, 2.24) is 9.88 Å². The van der Waals surface area contributed by atoms with Crippen LogP contribution in [-0.4, -0.2) is 61.1 Å². The van der Waals surface area contributed by atoms with Crippen molar-refractivity contribution in [1.29, 1.82) is 0 Å². The molecule has 9 heteroatoms. The van der Waals surface area contributed by atoms with Crippen LogP contribution in [-0.2, 0) is 4.79 Å². The Morgan fingerprint density at radius 3 is 2.56 bits per heavy atom. The van der Waals surface area contributed by atoms with Crippen molar-refractivity contribution in [2.45, 2.75) is 20.0 Å². The molecule has 1 aromatic heterocycles. The molecule has 0 bridgehead atoms. The van der Waals surface area contributed by atoms with Crippen LogP contribution in [0.2, 0.25) is 0 Å². The maximum absolute atomic E-state index is 11.7. The summed E-state index contributed by atoms with van der Waals surface area (Å²) in [6.07, 6.45) is 0.813. The Balaban J connectivity index is 3.38. The Morgan fingerprint density at radius 1 is 1.44 bits per heavy atom. The molecule has 1 aromatic rings. The summed E-state index contributed by atoms with van der Waals surface area (Å²) in [5.41, 5.74) is -0.0771. The summed E-state index contributed by atoms with van der Waals surface area (Å²) in [6.45, 7) is 8.26. The predicted molar refractivity (Wildman–Crippen MR) is 97.3 cm³/mol. The summed E-state index contributed by atoms with van der Waals surface area (Å²) in [4.78, 5) is 30.5. The Morgan fingerprint density at radius 2 is 2.08 bits per heavy atom. The first-order valence-corrected chi connectivity index (χ1v) is 7.81. The van der Waals surface area contributed by atoms with Crippen molar-refractivity contribution in [3.05, 3.63) is 28.8 Å². The van der Waals surface area contributed by atoms with E-state index in [2.05, 4.69) is 16.9 Å². The van der Waals surface area contributed by atoms with E-state index in [1.54, 1.807) is 25.8 Å². The first kappa shape index (κ1) is 20.4. The number of rotatable bonds is 9. The molecule has 0 unspecified atom stereocenters. The van der Waals surface area contributed by atoms with E-state index in [1.807, 2.05) is 19.0 Å². The molecule has 9 nitrogen and oxygen atoms in total. The number of amides is 1. The van der Waals surface area contributed by atoms with Crippen LogP contribution in [0.1, 0.15) is 13.8 Å². The highest BCUT2D eigenvalue weighted by atomic mass is 16.6. The Hall–Kier alpha value is -2.68. The Kier molecular flexibility index (Phi) is 7.31. The Labute approximate surface area is 147 Å². The first-order chi connectivity index (χ1) is 11.6. The van der Waals surface area contributed by atoms with Crippen LogP contribution in [0, 0.1) is 10.1 Å². The van der Waals surface area contributed by atoms with E-state index in [4.69, 9.17) is 4.74 Å². The van der Waals surface area contributed by atoms with Crippen LogP contribution in [0.25, 0.3) is 0 Å². The number of aromatic nitrogens is 1. The second-order valence-electron chi connectivity index (χ2n) is 6.03. The quantitative estimate of drug-likeness (QED) is 0.412. The Bertz CT molecular complexity index is 646. The molecule has 0 saturated heterocycles. The van der Waals surface area contributed by atoms with Gasteiger partial charge in [-0.05, 0) is 34.0 Å². The molecular formula is C16H25N5O4. The number of hydrogen-bond acceptors (Lipinski definition) is 7. The van der Waals surface area contributed by atoms with Crippen LogP contribution in [0.15, 0.2) is 18.7 Å². The van der Waals surface area contributed by atoms with Crippen LogP contribution in [0.5, 0.6) is 5.88 Å². The van der Waals surface area contributed by atoms with Gasteiger partial charge in [-0.3, -0.25) is 14.9 Å². The zero-order valence-electron chi connectivity index (χ0n) is 15.3. The van der Waals surface area contributed by atoms with Crippen molar-refractivity contribution < 1.29 is 14.5 Å². The number of likely N-dealkylation sites (N-methyl/N-ethyl adjacent to an activating group) is 2. The number of carbonyl (C=O) groups excluding carboxylic acids is 1. The summed E-state index contributed by atoms with van der Waals surface area (Å²) in [7, 11) is 5.66. The van der Waals surface area contributed by atoms with Gasteiger partial charge in [-0.2, -0.15) is 4.98 Å². The van der Waals surface area contributed by atoms with E-state index < -0.39 is 10.8 Å². The molecule has 0 aliphatic carbocycles. The summed E-state index contributed by atoms with van der Waals surface area (Å²) >= 11 is 0. The first-order valence-electron chi connectivity index (χ1n) is 7.81. The molecular weight excluding hydrogens is 326 g/mol. The normalized spacial score (nSPS) is 10.7. The molecule has 0 radical (unpaired) electrons. The SMILES string of the molecule is C=CC(=O)Nc1cc([N+](=O)[O-])c(OC(C)C)nc1N(C)CCN(C)C. The van der Waals surface area contributed by atoms with E-state index in [1.165, 1.54) is 6.07 Å². The smallest absolute Gasteiger partial charge is 0.333 e. The van der Waals surface area contributed by atoms with Crippen molar-refractivity contribution in [3.8, 4) is 5.88 Å². The van der Waals surface area contributed by atoms with Gasteiger partial charge >= 0.3 is 5.69 Å². The van der Waals surface area contributed by atoms with Gasteiger partial charge in [0, 0.05) is 26.2 Å². The van der Waals surface area contributed by atoms with Gasteiger partial charge in [-0.25, -0.2) is 0 Å². The minimum Gasteiger partial charge on any atom is -0.470 e. The predicted octanol–water partition coefficient (Wildman–Crippen LogP) is 1.90. The van der Waals surface area contributed by atoms with E-state index in [0.29, 0.717) is 12.4 Å². The van der Waals surface area contributed by atoms with E-state index in [0.717, 1.165) is 12.6 Å². The number of hydrogen-bond donors (Lipinski definition) is 1. The molecule has 1 N–H and O–H groups in total. The van der Waals surface area contributed by atoms with Gasteiger partial charge in [-0.1, -0.05) is 6.58 Å².